The van der Waals surface area contributed by atoms with Gasteiger partial charge in [0.25, 0.3) is 0 Å². The Bertz CT molecular complexity index is 2720. The van der Waals surface area contributed by atoms with Crippen molar-refractivity contribution in [2.45, 2.75) is 75.7 Å². The van der Waals surface area contributed by atoms with Crippen LogP contribution >= 0.6 is 0 Å². The van der Waals surface area contributed by atoms with Crippen LogP contribution in [-0.4, -0.2) is 29.5 Å². The minimum absolute atomic E-state index is 0.0700. The monoisotopic (exact) mass is 1160 g/mol. The zero-order chi connectivity index (χ0) is 59.7. The Morgan fingerprint density at radius 1 is 0.456 bits per heavy atom. The number of hydrogen-bond acceptors (Lipinski definition) is 4. The third kappa shape index (κ3) is 15.1. The summed E-state index contributed by atoms with van der Waals surface area (Å²) < 4.78 is 348. The van der Waals surface area contributed by atoms with Gasteiger partial charge in [0.05, 0.1) is 57.3 Å². The lowest BCUT2D eigenvalue weighted by atomic mass is 9.12. The molecule has 0 N–H and O–H groups in total. The molecule has 30 heteroatoms. The van der Waals surface area contributed by atoms with Crippen molar-refractivity contribution in [3.05, 3.63) is 177 Å². The van der Waals surface area contributed by atoms with E-state index in [1.54, 1.807) is 29.1 Å². The number of carbonyl (C=O) groups is 2. The number of benzene rings is 5. The number of aromatic nitrogens is 2. The number of unbranched alkanes of at least 4 members (excludes halogenated alkanes) is 1. The van der Waals surface area contributed by atoms with E-state index >= 15 is 0 Å². The molecule has 5 nitrogen and oxygen atoms in total. The van der Waals surface area contributed by atoms with Gasteiger partial charge in [0.15, 0.2) is 6.20 Å². The first-order chi connectivity index (χ1) is 36.0. The average Bonchev–Trinajstić information content (AvgIpc) is 3.48. The summed E-state index contributed by atoms with van der Waals surface area (Å²) in [6.07, 6.45) is -48.5. The van der Waals surface area contributed by atoms with Crippen LogP contribution in [0.1, 0.15) is 85.1 Å². The van der Waals surface area contributed by atoms with Gasteiger partial charge in [-0.05, 0) is 30.7 Å². The molecule has 0 spiro atoms. The maximum atomic E-state index is 14.2. The number of carbonyl (C=O) groups excluding carboxylic acids is 2. The first-order valence-corrected chi connectivity index (χ1v) is 21.9. The van der Waals surface area contributed by atoms with Crippen LogP contribution in [-0.2, 0) is 60.7 Å². The van der Waals surface area contributed by atoms with E-state index in [4.69, 9.17) is 4.74 Å². The highest BCUT2D eigenvalue weighted by atomic mass is 19.4. The number of Topliss-reactive ketones (excluding diaryl/α,β-unsaturated/α-hetero) is 1. The van der Waals surface area contributed by atoms with Gasteiger partial charge < -0.3 is 4.74 Å². The predicted molar refractivity (Wildman–Crippen MR) is 230 cm³/mol. The summed E-state index contributed by atoms with van der Waals surface area (Å²) in [6.45, 7) is 2.47. The molecule has 0 unspecified atom stereocenters. The highest BCUT2D eigenvalue weighted by Crippen LogP contribution is 2.41. The molecule has 1 heterocycles. The molecule has 0 saturated heterocycles. The molecule has 6 rings (SSSR count). The van der Waals surface area contributed by atoms with E-state index in [1.807, 2.05) is 25.1 Å². The van der Waals surface area contributed by atoms with Gasteiger partial charge in [-0.25, -0.2) is 4.79 Å². The number of esters is 1. The van der Waals surface area contributed by atoms with Crippen molar-refractivity contribution in [1.29, 1.82) is 0 Å². The molecule has 0 aliphatic carbocycles. The smallest absolute Gasteiger partial charge is 0.416 e. The second kappa shape index (κ2) is 22.4. The topological polar surface area (TPSA) is 60.1 Å². The largest absolute Gasteiger partial charge is 0.458 e. The van der Waals surface area contributed by atoms with Crippen molar-refractivity contribution in [3.63, 3.8) is 0 Å². The summed E-state index contributed by atoms with van der Waals surface area (Å²) in [6, 6.07) is 0.170. The fraction of sp³-hybridized carbons (Fsp3) is 0.265. The molecule has 0 amide bonds. The van der Waals surface area contributed by atoms with Gasteiger partial charge in [-0.2, -0.15) is 132 Å². The molecule has 79 heavy (non-hydrogen) atoms. The molecular weight excluding hydrogens is 1130 g/mol. The highest BCUT2D eigenvalue weighted by molar-refractivity contribution is 7.20. The van der Waals surface area contributed by atoms with Crippen LogP contribution in [0.25, 0.3) is 0 Å². The molecule has 0 aliphatic heterocycles. The van der Waals surface area contributed by atoms with Crippen molar-refractivity contribution in [2.24, 2.45) is 0 Å². The predicted octanol–water partition coefficient (Wildman–Crippen LogP) is 13.4. The first kappa shape index (κ1) is 62.5. The van der Waals surface area contributed by atoms with Crippen LogP contribution in [0.15, 0.2) is 122 Å². The lowest BCUT2D eigenvalue weighted by Gasteiger charge is -2.46. The van der Waals surface area contributed by atoms with Crippen LogP contribution in [0.2, 0.25) is 0 Å². The van der Waals surface area contributed by atoms with Crippen molar-refractivity contribution >= 4 is 39.7 Å². The quantitative estimate of drug-likeness (QED) is 0.0324. The number of alkyl halides is 24. The zero-order valence-corrected chi connectivity index (χ0v) is 39.1. The van der Waals surface area contributed by atoms with Crippen LogP contribution < -0.4 is 26.4 Å². The van der Waals surface area contributed by atoms with E-state index < -0.39 is 201 Å². The van der Waals surface area contributed by atoms with Gasteiger partial charge in [0.2, 0.25) is 12.3 Å². The van der Waals surface area contributed by atoms with Gasteiger partial charge >= 0.3 is 61.1 Å². The zero-order valence-electron chi connectivity index (χ0n) is 39.1. The Morgan fingerprint density at radius 3 is 1.01 bits per heavy atom. The molecule has 0 radical (unpaired) electrons. The van der Waals surface area contributed by atoms with Crippen LogP contribution in [0.3, 0.4) is 0 Å². The van der Waals surface area contributed by atoms with E-state index in [1.165, 1.54) is 6.20 Å². The molecule has 0 aliphatic rings. The molecular formula is C49H31BF24N2O3. The highest BCUT2D eigenvalue weighted by Gasteiger charge is 2.47. The summed E-state index contributed by atoms with van der Waals surface area (Å²) in [7, 11) is 0. The van der Waals surface area contributed by atoms with Crippen LogP contribution in [0, 0.1) is 0 Å². The number of nitrogens with zero attached hydrogens (tertiary/aromatic N) is 2. The first-order valence-electron chi connectivity index (χ1n) is 21.9. The van der Waals surface area contributed by atoms with Crippen molar-refractivity contribution < 1.29 is 124 Å². The van der Waals surface area contributed by atoms with Gasteiger partial charge in [-0.3, -0.25) is 9.78 Å². The van der Waals surface area contributed by atoms with Gasteiger partial charge in [-0.15, -0.1) is 0 Å². The molecule has 0 bridgehead atoms. The molecule has 0 saturated carbocycles. The molecule has 426 valence electrons. The second-order valence-corrected chi connectivity index (χ2v) is 17.1. The summed E-state index contributed by atoms with van der Waals surface area (Å²) in [5, 5.41) is 0. The lowest BCUT2D eigenvalue weighted by Crippen LogP contribution is -2.75. The standard InChI is InChI=1S/C32H12BF24.C17H19N2O3/c34-25(35,36)13-1-14(26(37,38)39)6-21(5-13)33(22-7-15(27(40,41)42)2-16(8-22)28(43,44)45,23-9-17(29(46,47)48)3-18(10-23)30(49,50)51)24-11-19(31(52,53)54)4-20(12-24)32(55,56)57;1-2-3-11-22-17(21)15-12-18-9-10-19(15)13-16(20)14-7-5-4-6-8-14/h1-12H;4-10,12H,2-3,11,13H2,1H3/q-1;+1. The number of halogens is 24. The van der Waals surface area contributed by atoms with Gasteiger partial charge in [0, 0.05) is 5.56 Å². The van der Waals surface area contributed by atoms with Crippen molar-refractivity contribution in [3.8, 4) is 0 Å². The maximum absolute atomic E-state index is 14.2. The lowest BCUT2D eigenvalue weighted by molar-refractivity contribution is -0.686. The maximum Gasteiger partial charge on any atom is 0.416 e. The van der Waals surface area contributed by atoms with E-state index in [2.05, 4.69) is 4.98 Å². The third-order valence-corrected chi connectivity index (χ3v) is 11.6. The average molecular weight is 1160 g/mol. The fourth-order valence-corrected chi connectivity index (χ4v) is 8.02. The fourth-order valence-electron chi connectivity index (χ4n) is 8.02. The summed E-state index contributed by atoms with van der Waals surface area (Å²) in [5.41, 5.74) is -29.3. The molecule has 0 atom stereocenters. The van der Waals surface area contributed by atoms with E-state index in [-0.39, 0.29) is 18.0 Å². The minimum Gasteiger partial charge on any atom is -0.458 e. The Hall–Kier alpha value is -7.30. The normalized spacial score (nSPS) is 13.2. The third-order valence-electron chi connectivity index (χ3n) is 11.6. The Labute approximate surface area is 428 Å². The summed E-state index contributed by atoms with van der Waals surface area (Å²) in [4.78, 5) is 28.3. The summed E-state index contributed by atoms with van der Waals surface area (Å²) >= 11 is 0. The van der Waals surface area contributed by atoms with E-state index in [0.29, 0.717) is 12.2 Å². The second-order valence-electron chi connectivity index (χ2n) is 17.1. The van der Waals surface area contributed by atoms with Gasteiger partial charge in [-0.1, -0.05) is 92.2 Å². The number of ketones is 1. The minimum atomic E-state index is -6.13. The Kier molecular flexibility index (Phi) is 17.8. The Morgan fingerprint density at radius 2 is 0.747 bits per heavy atom. The number of rotatable bonds is 11. The molecule has 1 aromatic heterocycles. The van der Waals surface area contributed by atoms with Gasteiger partial charge in [0.1, 0.15) is 12.3 Å². The van der Waals surface area contributed by atoms with E-state index in [0.717, 1.165) is 12.8 Å². The molecule has 5 aromatic carbocycles. The SMILES string of the molecule is CCCCOC(=O)c1cncc[n+]1CC(=O)c1ccccc1.FC(F)(F)c1cc([B-](c2cc(C(F)(F)F)cc(C(F)(F)F)c2)(c2cc(C(F)(F)F)cc(C(F)(F)F)c2)c2cc(C(F)(F)F)cc(C(F)(F)F)c2)cc(C(F)(F)F)c1. The van der Waals surface area contributed by atoms with Crippen LogP contribution in [0.4, 0.5) is 105 Å². The van der Waals surface area contributed by atoms with Crippen molar-refractivity contribution in [1.82, 2.24) is 4.98 Å². The molecule has 6 aromatic rings. The number of hydrogen-bond donors (Lipinski definition) is 0. The Balaban J connectivity index is 0.000000433. The summed E-state index contributed by atoms with van der Waals surface area (Å²) in [5.74, 6) is -0.526. The molecule has 0 fully saturated rings. The number of ether oxygens (including phenoxy) is 1. The van der Waals surface area contributed by atoms with Crippen molar-refractivity contribution in [2.75, 3.05) is 6.61 Å². The van der Waals surface area contributed by atoms with Crippen LogP contribution in [0.5, 0.6) is 0 Å². The van der Waals surface area contributed by atoms with E-state index in [9.17, 15) is 115 Å².